The zero-order chi connectivity index (χ0) is 13.8. The first-order chi connectivity index (χ1) is 9.09. The lowest BCUT2D eigenvalue weighted by Crippen LogP contribution is -2.05. The molecule has 5 nitrogen and oxygen atoms in total. The Morgan fingerprint density at radius 2 is 1.21 bits per heavy atom. The first-order valence-corrected chi connectivity index (χ1v) is 6.68. The average molecular weight is 262 g/mol. The van der Waals surface area contributed by atoms with E-state index in [0.717, 1.165) is 48.8 Å². The number of aryl methyl sites for hydroxylation is 4. The van der Waals surface area contributed by atoms with Crippen LogP contribution in [0.25, 0.3) is 0 Å². The van der Waals surface area contributed by atoms with Crippen LogP contribution in [0.1, 0.15) is 33.9 Å². The minimum absolute atomic E-state index is 0.733. The molecule has 2 rings (SSSR count). The first-order valence-electron chi connectivity index (χ1n) is 6.68. The summed E-state index contributed by atoms with van der Waals surface area (Å²) < 4.78 is 5.72. The Hall–Kier alpha value is -1.62. The van der Waals surface area contributed by atoms with Crippen LogP contribution >= 0.6 is 0 Å². The fraction of sp³-hybridized carbons (Fsp3) is 0.571. The van der Waals surface area contributed by atoms with Crippen molar-refractivity contribution in [2.45, 2.75) is 40.5 Å². The van der Waals surface area contributed by atoms with Gasteiger partial charge in [-0.3, -0.25) is 10.2 Å². The van der Waals surface area contributed by atoms with Gasteiger partial charge in [0.2, 0.25) is 0 Å². The van der Waals surface area contributed by atoms with Gasteiger partial charge in [-0.2, -0.15) is 10.2 Å². The Morgan fingerprint density at radius 3 is 1.53 bits per heavy atom. The molecule has 2 N–H and O–H groups in total. The Kier molecular flexibility index (Phi) is 4.37. The van der Waals surface area contributed by atoms with Crippen molar-refractivity contribution in [1.29, 1.82) is 0 Å². The van der Waals surface area contributed by atoms with Crippen molar-refractivity contribution < 1.29 is 4.74 Å². The van der Waals surface area contributed by atoms with Crippen molar-refractivity contribution in [2.24, 2.45) is 0 Å². The Morgan fingerprint density at radius 1 is 0.789 bits per heavy atom. The highest BCUT2D eigenvalue weighted by Crippen LogP contribution is 2.11. The molecule has 104 valence electrons. The van der Waals surface area contributed by atoms with E-state index in [1.165, 1.54) is 11.1 Å². The second kappa shape index (κ2) is 6.02. The average Bonchev–Trinajstić information content (AvgIpc) is 2.86. The molecule has 0 unspecified atom stereocenters. The van der Waals surface area contributed by atoms with E-state index in [-0.39, 0.29) is 0 Å². The maximum atomic E-state index is 5.72. The molecule has 0 saturated carbocycles. The van der Waals surface area contributed by atoms with Gasteiger partial charge in [0.1, 0.15) is 0 Å². The lowest BCUT2D eigenvalue weighted by Gasteiger charge is -2.05. The molecule has 0 fully saturated rings. The molecule has 0 spiro atoms. The number of rotatable bonds is 6. The molecule has 2 heterocycles. The SMILES string of the molecule is Cc1n[nH]c(C)c1CCOCCc1c(C)n[nH]c1C. The van der Waals surface area contributed by atoms with E-state index in [0.29, 0.717) is 0 Å². The summed E-state index contributed by atoms with van der Waals surface area (Å²) in [5, 5.41) is 14.4. The molecule has 19 heavy (non-hydrogen) atoms. The zero-order valence-electron chi connectivity index (χ0n) is 12.1. The number of nitrogens with one attached hydrogen (secondary N) is 2. The molecule has 0 aromatic carbocycles. The standard InChI is InChI=1S/C14H22N4O/c1-9-13(10(2)16-15-9)5-7-19-8-6-14-11(3)17-18-12(14)4/h5-8H2,1-4H3,(H,15,16)(H,17,18). The van der Waals surface area contributed by atoms with Crippen LogP contribution in [0, 0.1) is 27.7 Å². The predicted molar refractivity (Wildman–Crippen MR) is 74.4 cm³/mol. The largest absolute Gasteiger partial charge is 0.381 e. The van der Waals surface area contributed by atoms with Gasteiger partial charge in [0.25, 0.3) is 0 Å². The number of aromatic nitrogens is 4. The molecule has 5 heteroatoms. The van der Waals surface area contributed by atoms with Gasteiger partial charge in [-0.1, -0.05) is 0 Å². The zero-order valence-corrected chi connectivity index (χ0v) is 12.1. The molecule has 0 aliphatic carbocycles. The minimum Gasteiger partial charge on any atom is -0.381 e. The summed E-state index contributed by atoms with van der Waals surface area (Å²) >= 11 is 0. The molecule has 0 atom stereocenters. The minimum atomic E-state index is 0.733. The summed E-state index contributed by atoms with van der Waals surface area (Å²) in [6.45, 7) is 9.61. The van der Waals surface area contributed by atoms with Gasteiger partial charge in [-0.15, -0.1) is 0 Å². The molecule has 2 aromatic heterocycles. The summed E-state index contributed by atoms with van der Waals surface area (Å²) in [4.78, 5) is 0. The third-order valence-corrected chi connectivity index (χ3v) is 3.55. The number of aromatic amines is 2. The van der Waals surface area contributed by atoms with Crippen molar-refractivity contribution in [3.63, 3.8) is 0 Å². The number of hydrogen-bond donors (Lipinski definition) is 2. The molecule has 2 aromatic rings. The van der Waals surface area contributed by atoms with Crippen LogP contribution in [0.5, 0.6) is 0 Å². The first kappa shape index (κ1) is 13.8. The van der Waals surface area contributed by atoms with Gasteiger partial charge in [-0.25, -0.2) is 0 Å². The third kappa shape index (κ3) is 3.23. The van der Waals surface area contributed by atoms with E-state index in [1.807, 2.05) is 27.7 Å². The normalized spacial score (nSPS) is 11.2. The van der Waals surface area contributed by atoms with E-state index >= 15 is 0 Å². The predicted octanol–water partition coefficient (Wildman–Crippen LogP) is 2.17. The van der Waals surface area contributed by atoms with Crippen molar-refractivity contribution in [3.05, 3.63) is 33.9 Å². The van der Waals surface area contributed by atoms with Gasteiger partial charge in [0, 0.05) is 11.4 Å². The summed E-state index contributed by atoms with van der Waals surface area (Å²) in [5.74, 6) is 0. The lowest BCUT2D eigenvalue weighted by molar-refractivity contribution is 0.140. The summed E-state index contributed by atoms with van der Waals surface area (Å²) in [6, 6.07) is 0. The maximum absolute atomic E-state index is 5.72. The Bertz CT molecular complexity index is 454. The number of H-pyrrole nitrogens is 2. The smallest absolute Gasteiger partial charge is 0.0626 e. The number of ether oxygens (including phenoxy) is 1. The Balaban J connectivity index is 1.73. The van der Waals surface area contributed by atoms with E-state index in [1.54, 1.807) is 0 Å². The van der Waals surface area contributed by atoms with Gasteiger partial charge in [-0.05, 0) is 51.7 Å². The molecule has 0 saturated heterocycles. The van der Waals surface area contributed by atoms with Crippen LogP contribution < -0.4 is 0 Å². The van der Waals surface area contributed by atoms with Crippen LogP contribution in [0.2, 0.25) is 0 Å². The van der Waals surface area contributed by atoms with Crippen LogP contribution in [0.3, 0.4) is 0 Å². The van der Waals surface area contributed by atoms with Gasteiger partial charge < -0.3 is 4.74 Å². The van der Waals surface area contributed by atoms with Crippen molar-refractivity contribution >= 4 is 0 Å². The van der Waals surface area contributed by atoms with Gasteiger partial charge >= 0.3 is 0 Å². The fourth-order valence-electron chi connectivity index (χ4n) is 2.34. The molecule has 0 aliphatic rings. The van der Waals surface area contributed by atoms with Gasteiger partial charge in [0.15, 0.2) is 0 Å². The summed E-state index contributed by atoms with van der Waals surface area (Å²) in [6.07, 6.45) is 1.83. The van der Waals surface area contributed by atoms with Crippen molar-refractivity contribution in [2.75, 3.05) is 13.2 Å². The quantitative estimate of drug-likeness (QED) is 0.784. The highest BCUT2D eigenvalue weighted by atomic mass is 16.5. The van der Waals surface area contributed by atoms with E-state index in [2.05, 4.69) is 20.4 Å². The highest BCUT2D eigenvalue weighted by Gasteiger charge is 2.07. The van der Waals surface area contributed by atoms with Gasteiger partial charge in [0.05, 0.1) is 24.6 Å². The van der Waals surface area contributed by atoms with Crippen LogP contribution in [0.4, 0.5) is 0 Å². The molecule has 0 radical (unpaired) electrons. The highest BCUT2D eigenvalue weighted by molar-refractivity contribution is 5.24. The second-order valence-electron chi connectivity index (χ2n) is 4.94. The van der Waals surface area contributed by atoms with E-state index in [9.17, 15) is 0 Å². The number of nitrogens with zero attached hydrogens (tertiary/aromatic N) is 2. The number of hydrogen-bond acceptors (Lipinski definition) is 3. The molecule has 0 amide bonds. The van der Waals surface area contributed by atoms with E-state index in [4.69, 9.17) is 4.74 Å². The van der Waals surface area contributed by atoms with Crippen molar-refractivity contribution in [1.82, 2.24) is 20.4 Å². The molecule has 0 aliphatic heterocycles. The lowest BCUT2D eigenvalue weighted by atomic mass is 10.1. The molecular formula is C14H22N4O. The summed E-state index contributed by atoms with van der Waals surface area (Å²) in [7, 11) is 0. The maximum Gasteiger partial charge on any atom is 0.0626 e. The topological polar surface area (TPSA) is 66.6 Å². The Labute approximate surface area is 113 Å². The van der Waals surface area contributed by atoms with Crippen LogP contribution in [0.15, 0.2) is 0 Å². The fourth-order valence-corrected chi connectivity index (χ4v) is 2.34. The third-order valence-electron chi connectivity index (χ3n) is 3.55. The van der Waals surface area contributed by atoms with Crippen LogP contribution in [-0.2, 0) is 17.6 Å². The van der Waals surface area contributed by atoms with E-state index < -0.39 is 0 Å². The molecule has 0 bridgehead atoms. The summed E-state index contributed by atoms with van der Waals surface area (Å²) in [5.41, 5.74) is 6.97. The van der Waals surface area contributed by atoms with Crippen LogP contribution in [-0.4, -0.2) is 33.6 Å². The monoisotopic (exact) mass is 262 g/mol. The molecular weight excluding hydrogens is 240 g/mol. The van der Waals surface area contributed by atoms with Crippen molar-refractivity contribution in [3.8, 4) is 0 Å². The second-order valence-corrected chi connectivity index (χ2v) is 4.94.